The first-order chi connectivity index (χ1) is 7.36. The fourth-order valence-electron chi connectivity index (χ4n) is 2.32. The molecular formula is C15H32. The lowest BCUT2D eigenvalue weighted by atomic mass is 9.84. The van der Waals surface area contributed by atoms with Crippen LogP contribution < -0.4 is 0 Å². The van der Waals surface area contributed by atoms with Crippen molar-refractivity contribution in [2.45, 2.75) is 85.5 Å². The van der Waals surface area contributed by atoms with Gasteiger partial charge in [-0.15, -0.1) is 0 Å². The molecule has 0 heterocycles. The Bertz CT molecular complexity index is 104. The summed E-state index contributed by atoms with van der Waals surface area (Å²) in [7, 11) is 0. The van der Waals surface area contributed by atoms with E-state index in [0.29, 0.717) is 0 Å². The SMILES string of the molecule is CC.CCC1CCC1.CCC1CCCC1. The molecule has 15 heavy (non-hydrogen) atoms. The van der Waals surface area contributed by atoms with Crippen molar-refractivity contribution in [3.05, 3.63) is 0 Å². The van der Waals surface area contributed by atoms with Gasteiger partial charge in [0.15, 0.2) is 0 Å². The standard InChI is InChI=1S/C7H14.C6H12.C2H6/c1-2-7-5-3-4-6-7;1-2-6-4-3-5-6;1-2/h7H,2-6H2,1H3;6H,2-5H2,1H3;1-2H3. The van der Waals surface area contributed by atoms with Gasteiger partial charge in [-0.25, -0.2) is 0 Å². The summed E-state index contributed by atoms with van der Waals surface area (Å²) < 4.78 is 0. The van der Waals surface area contributed by atoms with Crippen LogP contribution in [-0.4, -0.2) is 0 Å². The minimum atomic E-state index is 1.10. The Kier molecular flexibility index (Phi) is 10.5. The third-order valence-electron chi connectivity index (χ3n) is 3.85. The minimum absolute atomic E-state index is 1.10. The van der Waals surface area contributed by atoms with Gasteiger partial charge in [-0.1, -0.05) is 85.5 Å². The molecule has 0 aromatic heterocycles. The van der Waals surface area contributed by atoms with Gasteiger partial charge >= 0.3 is 0 Å². The largest absolute Gasteiger partial charge is 0.0683 e. The summed E-state index contributed by atoms with van der Waals surface area (Å²) in [6, 6.07) is 0. The Morgan fingerprint density at radius 1 is 0.667 bits per heavy atom. The summed E-state index contributed by atoms with van der Waals surface area (Å²) >= 11 is 0. The third kappa shape index (κ3) is 6.98. The zero-order valence-corrected chi connectivity index (χ0v) is 11.5. The van der Waals surface area contributed by atoms with E-state index >= 15 is 0 Å². The maximum absolute atomic E-state index is 2.30. The van der Waals surface area contributed by atoms with Gasteiger partial charge in [0.25, 0.3) is 0 Å². The zero-order chi connectivity index (χ0) is 11.5. The smallest absolute Gasteiger partial charge is 0.0417 e. The van der Waals surface area contributed by atoms with E-state index in [0.717, 1.165) is 11.8 Å². The maximum atomic E-state index is 2.30. The van der Waals surface area contributed by atoms with Crippen LogP contribution in [0.5, 0.6) is 0 Å². The number of hydrogen-bond donors (Lipinski definition) is 0. The normalized spacial score (nSPS) is 20.8. The van der Waals surface area contributed by atoms with Gasteiger partial charge in [0.05, 0.1) is 0 Å². The molecule has 0 unspecified atom stereocenters. The molecule has 2 aliphatic carbocycles. The highest BCUT2D eigenvalue weighted by Gasteiger charge is 2.13. The van der Waals surface area contributed by atoms with Crippen LogP contribution in [-0.2, 0) is 0 Å². The average Bonchev–Trinajstić information content (AvgIpc) is 2.72. The van der Waals surface area contributed by atoms with E-state index in [2.05, 4.69) is 13.8 Å². The zero-order valence-electron chi connectivity index (χ0n) is 11.5. The predicted molar refractivity (Wildman–Crippen MR) is 71.2 cm³/mol. The predicted octanol–water partition coefficient (Wildman–Crippen LogP) is 5.81. The van der Waals surface area contributed by atoms with Gasteiger partial charge < -0.3 is 0 Å². The van der Waals surface area contributed by atoms with Crippen LogP contribution in [0.25, 0.3) is 0 Å². The first kappa shape index (κ1) is 15.0. The Morgan fingerprint density at radius 2 is 1.00 bits per heavy atom. The van der Waals surface area contributed by atoms with Gasteiger partial charge in [-0.05, 0) is 11.8 Å². The first-order valence-corrected chi connectivity index (χ1v) is 7.36. The number of hydrogen-bond acceptors (Lipinski definition) is 0. The first-order valence-electron chi connectivity index (χ1n) is 7.36. The maximum Gasteiger partial charge on any atom is -0.0417 e. The van der Waals surface area contributed by atoms with Crippen molar-refractivity contribution >= 4 is 0 Å². The van der Waals surface area contributed by atoms with Crippen LogP contribution in [0.4, 0.5) is 0 Å². The lowest BCUT2D eigenvalue weighted by Crippen LogP contribution is -2.08. The summed E-state index contributed by atoms with van der Waals surface area (Å²) in [5.74, 6) is 2.21. The van der Waals surface area contributed by atoms with Crippen molar-refractivity contribution in [2.75, 3.05) is 0 Å². The molecule has 2 fully saturated rings. The lowest BCUT2D eigenvalue weighted by Gasteiger charge is -2.22. The monoisotopic (exact) mass is 212 g/mol. The molecule has 0 nitrogen and oxygen atoms in total. The van der Waals surface area contributed by atoms with Gasteiger partial charge in [0.2, 0.25) is 0 Å². The lowest BCUT2D eigenvalue weighted by molar-refractivity contribution is 0.307. The molecule has 92 valence electrons. The second kappa shape index (κ2) is 10.5. The fraction of sp³-hybridized carbons (Fsp3) is 1.00. The molecule has 2 aliphatic rings. The van der Waals surface area contributed by atoms with Crippen LogP contribution in [0.1, 0.15) is 85.5 Å². The topological polar surface area (TPSA) is 0 Å². The van der Waals surface area contributed by atoms with E-state index in [1.807, 2.05) is 13.8 Å². The number of rotatable bonds is 2. The summed E-state index contributed by atoms with van der Waals surface area (Å²) in [5.41, 5.74) is 0. The van der Waals surface area contributed by atoms with E-state index in [9.17, 15) is 0 Å². The molecule has 0 heteroatoms. The molecule has 0 aliphatic heterocycles. The van der Waals surface area contributed by atoms with Crippen molar-refractivity contribution in [1.29, 1.82) is 0 Å². The Hall–Kier alpha value is 0. The van der Waals surface area contributed by atoms with Crippen LogP contribution in [0.15, 0.2) is 0 Å². The van der Waals surface area contributed by atoms with E-state index < -0.39 is 0 Å². The second-order valence-electron chi connectivity index (χ2n) is 4.76. The minimum Gasteiger partial charge on any atom is -0.0683 e. The molecular weight excluding hydrogens is 180 g/mol. The highest BCUT2D eigenvalue weighted by molar-refractivity contribution is 4.66. The molecule has 0 aromatic carbocycles. The molecule has 2 saturated carbocycles. The molecule has 0 amide bonds. The van der Waals surface area contributed by atoms with Crippen LogP contribution in [0.2, 0.25) is 0 Å². The molecule has 0 saturated heterocycles. The fourth-order valence-corrected chi connectivity index (χ4v) is 2.32. The van der Waals surface area contributed by atoms with Crippen molar-refractivity contribution in [3.8, 4) is 0 Å². The van der Waals surface area contributed by atoms with Crippen molar-refractivity contribution in [2.24, 2.45) is 11.8 Å². The van der Waals surface area contributed by atoms with Crippen LogP contribution in [0, 0.1) is 11.8 Å². The van der Waals surface area contributed by atoms with E-state index in [1.54, 1.807) is 0 Å². The second-order valence-corrected chi connectivity index (χ2v) is 4.76. The van der Waals surface area contributed by atoms with Crippen molar-refractivity contribution < 1.29 is 0 Å². The Balaban J connectivity index is 0.000000227. The molecule has 0 radical (unpaired) electrons. The van der Waals surface area contributed by atoms with Gasteiger partial charge in [-0.3, -0.25) is 0 Å². The third-order valence-corrected chi connectivity index (χ3v) is 3.85. The molecule has 2 rings (SSSR count). The average molecular weight is 212 g/mol. The molecule has 0 N–H and O–H groups in total. The van der Waals surface area contributed by atoms with Crippen molar-refractivity contribution in [1.82, 2.24) is 0 Å². The quantitative estimate of drug-likeness (QED) is 0.542. The van der Waals surface area contributed by atoms with Gasteiger partial charge in [-0.2, -0.15) is 0 Å². The summed E-state index contributed by atoms with van der Waals surface area (Å²) in [6.07, 6.45) is 13.4. The molecule has 0 aromatic rings. The summed E-state index contributed by atoms with van der Waals surface area (Å²) in [6.45, 7) is 8.58. The van der Waals surface area contributed by atoms with Gasteiger partial charge in [0.1, 0.15) is 0 Å². The van der Waals surface area contributed by atoms with Crippen molar-refractivity contribution in [3.63, 3.8) is 0 Å². The molecule has 0 spiro atoms. The Labute approximate surface area is 97.8 Å². The van der Waals surface area contributed by atoms with Gasteiger partial charge in [0, 0.05) is 0 Å². The molecule has 0 bridgehead atoms. The van der Waals surface area contributed by atoms with Crippen LogP contribution in [0.3, 0.4) is 0 Å². The highest BCUT2D eigenvalue weighted by atomic mass is 14.2. The summed E-state index contributed by atoms with van der Waals surface area (Å²) in [5, 5.41) is 0. The van der Waals surface area contributed by atoms with E-state index in [4.69, 9.17) is 0 Å². The summed E-state index contributed by atoms with van der Waals surface area (Å²) in [4.78, 5) is 0. The van der Waals surface area contributed by atoms with E-state index in [1.165, 1.54) is 57.8 Å². The highest BCUT2D eigenvalue weighted by Crippen LogP contribution is 2.28. The van der Waals surface area contributed by atoms with Crippen LogP contribution >= 0.6 is 0 Å². The Morgan fingerprint density at radius 3 is 1.13 bits per heavy atom. The van der Waals surface area contributed by atoms with E-state index in [-0.39, 0.29) is 0 Å². The molecule has 0 atom stereocenters.